The first-order valence-electron chi connectivity index (χ1n) is 11.4. The van der Waals surface area contributed by atoms with E-state index in [9.17, 15) is 23.7 Å². The molecule has 0 aromatic heterocycles. The minimum Gasteiger partial charge on any atom is -0.623 e. The minimum atomic E-state index is -3.76. The zero-order valence-electron chi connectivity index (χ0n) is 20.6. The molecular formula is C28H27N3O5S. The number of aryl methyl sites for hydroxylation is 1. The van der Waals surface area contributed by atoms with Crippen LogP contribution in [0.2, 0.25) is 0 Å². The van der Waals surface area contributed by atoms with Crippen molar-refractivity contribution < 1.29 is 18.1 Å². The maximum Gasteiger partial charge on any atom is 0.269 e. The molecule has 3 aromatic carbocycles. The maximum absolute atomic E-state index is 13.1. The van der Waals surface area contributed by atoms with Gasteiger partial charge in [0.25, 0.3) is 5.69 Å². The molecular weight excluding hydrogens is 490 g/mol. The van der Waals surface area contributed by atoms with Crippen LogP contribution in [0.4, 0.5) is 5.69 Å². The summed E-state index contributed by atoms with van der Waals surface area (Å²) >= 11 is 0. The zero-order valence-corrected chi connectivity index (χ0v) is 21.4. The van der Waals surface area contributed by atoms with E-state index < -0.39 is 21.0 Å². The van der Waals surface area contributed by atoms with Gasteiger partial charge in [-0.15, -0.1) is 6.58 Å². The number of hydroxylamine groups is 1. The molecule has 3 aromatic rings. The number of non-ortho nitro benzene ring substituents is 1. The van der Waals surface area contributed by atoms with Gasteiger partial charge in [-0.1, -0.05) is 47.7 Å². The summed E-state index contributed by atoms with van der Waals surface area (Å²) in [7, 11) is -3.76. The summed E-state index contributed by atoms with van der Waals surface area (Å²) in [6.07, 6.45) is 2.91. The molecule has 1 atom stereocenters. The fourth-order valence-corrected chi connectivity index (χ4v) is 4.78. The molecule has 0 N–H and O–H groups in total. The van der Waals surface area contributed by atoms with Gasteiger partial charge in [0.05, 0.1) is 21.9 Å². The summed E-state index contributed by atoms with van der Waals surface area (Å²) in [5.41, 5.74) is 2.66. The Morgan fingerprint density at radius 3 is 2.30 bits per heavy atom. The molecule has 0 amide bonds. The van der Waals surface area contributed by atoms with E-state index >= 15 is 0 Å². The van der Waals surface area contributed by atoms with Gasteiger partial charge in [0.2, 0.25) is 10.0 Å². The third-order valence-corrected chi connectivity index (χ3v) is 7.49. The van der Waals surface area contributed by atoms with Gasteiger partial charge in [-0.25, -0.2) is 13.2 Å². The highest BCUT2D eigenvalue weighted by Gasteiger charge is 2.22. The summed E-state index contributed by atoms with van der Waals surface area (Å²) in [4.78, 5) is 10.6. The lowest BCUT2D eigenvalue weighted by molar-refractivity contribution is -0.498. The van der Waals surface area contributed by atoms with Crippen LogP contribution in [0.1, 0.15) is 35.2 Å². The van der Waals surface area contributed by atoms with E-state index in [2.05, 4.69) is 18.4 Å². The van der Waals surface area contributed by atoms with Crippen LogP contribution in [0.25, 0.3) is 0 Å². The molecule has 0 heterocycles. The smallest absolute Gasteiger partial charge is 0.269 e. The number of benzene rings is 3. The Bertz CT molecular complexity index is 1470. The lowest BCUT2D eigenvalue weighted by Gasteiger charge is -2.18. The first-order valence-corrected chi connectivity index (χ1v) is 12.9. The van der Waals surface area contributed by atoms with Crippen LogP contribution in [0.3, 0.4) is 0 Å². The largest absolute Gasteiger partial charge is 0.623 e. The van der Waals surface area contributed by atoms with Gasteiger partial charge in [0.1, 0.15) is 0 Å². The quantitative estimate of drug-likeness (QED) is 0.0769. The molecule has 0 radical (unpaired) electrons. The van der Waals surface area contributed by atoms with Crippen LogP contribution in [0, 0.1) is 34.1 Å². The number of nitro groups is 1. The fraction of sp³-hybridized carbons (Fsp3) is 0.179. The van der Waals surface area contributed by atoms with E-state index in [1.807, 2.05) is 6.92 Å². The normalized spacial score (nSPS) is 12.5. The topological polar surface area (TPSA) is 107 Å². The van der Waals surface area contributed by atoms with Crippen LogP contribution in [-0.4, -0.2) is 41.7 Å². The van der Waals surface area contributed by atoms with Crippen molar-refractivity contribution in [3.63, 3.8) is 0 Å². The molecule has 0 saturated heterocycles. The monoisotopic (exact) mass is 517 g/mol. The standard InChI is InChI=1S/C28H27N3O5S/c1-4-19-29(37(35,36)28-17-11-22(2)12-18-28)20-7-10-25-8-5-6-9-26(25)21-30(32)23(3)24-13-15-27(16-14-24)31(33)34/h4-6,8-9,11-18,21,23H,1,19-20H2,2-3H3/b30-21-/t23-/m0/s1. The van der Waals surface area contributed by atoms with Gasteiger partial charge < -0.3 is 5.21 Å². The SMILES string of the molecule is C=CCN(CC#Cc1ccccc1/C=[N+](\[O-])[C@@H](C)c1ccc([N+](=O)[O-])cc1)S(=O)(=O)c1ccc(C)cc1. The van der Waals surface area contributed by atoms with Crippen molar-refractivity contribution in [2.24, 2.45) is 0 Å². The molecule has 9 heteroatoms. The number of rotatable bonds is 9. The Balaban J connectivity index is 1.83. The molecule has 0 bridgehead atoms. The number of nitrogens with zero attached hydrogens (tertiary/aromatic N) is 3. The molecule has 3 rings (SSSR count). The molecule has 0 spiro atoms. The first kappa shape index (κ1) is 27.3. The first-order chi connectivity index (χ1) is 17.6. The van der Waals surface area contributed by atoms with E-state index in [-0.39, 0.29) is 23.7 Å². The third kappa shape index (κ3) is 6.91. The number of hydrogen-bond acceptors (Lipinski definition) is 5. The zero-order chi connectivity index (χ0) is 27.0. The number of nitro benzene ring substituents is 1. The van der Waals surface area contributed by atoms with Crippen molar-refractivity contribution in [2.45, 2.75) is 24.8 Å². The van der Waals surface area contributed by atoms with E-state index in [4.69, 9.17) is 0 Å². The van der Waals surface area contributed by atoms with E-state index in [0.29, 0.717) is 16.7 Å². The Kier molecular flexibility index (Phi) is 8.95. The Morgan fingerprint density at radius 1 is 1.03 bits per heavy atom. The summed E-state index contributed by atoms with van der Waals surface area (Å²) in [5, 5.41) is 23.7. The van der Waals surface area contributed by atoms with Crippen LogP contribution in [0.15, 0.2) is 90.3 Å². The Labute approximate surface area is 217 Å². The van der Waals surface area contributed by atoms with Crippen molar-refractivity contribution in [1.82, 2.24) is 4.31 Å². The second kappa shape index (κ2) is 12.1. The Hall–Kier alpha value is -4.26. The van der Waals surface area contributed by atoms with Gasteiger partial charge >= 0.3 is 0 Å². The summed E-state index contributed by atoms with van der Waals surface area (Å²) in [6.45, 7) is 7.27. The highest BCUT2D eigenvalue weighted by molar-refractivity contribution is 7.89. The van der Waals surface area contributed by atoms with E-state index in [1.54, 1.807) is 67.6 Å². The predicted molar refractivity (Wildman–Crippen MR) is 144 cm³/mol. The molecule has 0 aliphatic heterocycles. The molecule has 0 aliphatic rings. The van der Waals surface area contributed by atoms with Gasteiger partial charge in [-0.05, 0) is 43.3 Å². The second-order valence-corrected chi connectivity index (χ2v) is 10.2. The lowest BCUT2D eigenvalue weighted by atomic mass is 10.1. The minimum absolute atomic E-state index is 0.0483. The maximum atomic E-state index is 13.1. The molecule has 37 heavy (non-hydrogen) atoms. The van der Waals surface area contributed by atoms with Crippen molar-refractivity contribution in [3.05, 3.63) is 123 Å². The van der Waals surface area contributed by atoms with Crippen LogP contribution >= 0.6 is 0 Å². The van der Waals surface area contributed by atoms with Crippen LogP contribution in [-0.2, 0) is 10.0 Å². The summed E-state index contributed by atoms with van der Waals surface area (Å²) in [6, 6.07) is 18.9. The van der Waals surface area contributed by atoms with Crippen molar-refractivity contribution in [3.8, 4) is 11.8 Å². The highest BCUT2D eigenvalue weighted by atomic mass is 32.2. The van der Waals surface area contributed by atoms with Crippen LogP contribution < -0.4 is 0 Å². The average Bonchev–Trinajstić information content (AvgIpc) is 2.89. The second-order valence-electron chi connectivity index (χ2n) is 8.30. The Morgan fingerprint density at radius 2 is 1.68 bits per heavy atom. The molecule has 8 nitrogen and oxygen atoms in total. The van der Waals surface area contributed by atoms with Gasteiger partial charge in [0, 0.05) is 36.7 Å². The van der Waals surface area contributed by atoms with Gasteiger partial charge in [0.15, 0.2) is 12.3 Å². The number of sulfonamides is 1. The number of hydrogen-bond donors (Lipinski definition) is 0. The summed E-state index contributed by atoms with van der Waals surface area (Å²) < 4.78 is 28.1. The van der Waals surface area contributed by atoms with Crippen molar-refractivity contribution >= 4 is 21.9 Å². The van der Waals surface area contributed by atoms with Crippen LogP contribution in [0.5, 0.6) is 0 Å². The van der Waals surface area contributed by atoms with Gasteiger partial charge in [-0.3, -0.25) is 10.1 Å². The molecule has 0 aliphatic carbocycles. The predicted octanol–water partition coefficient (Wildman–Crippen LogP) is 4.82. The van der Waals surface area contributed by atoms with Crippen molar-refractivity contribution in [2.75, 3.05) is 13.1 Å². The van der Waals surface area contributed by atoms with Crippen molar-refractivity contribution in [1.29, 1.82) is 0 Å². The average molecular weight is 518 g/mol. The molecule has 0 saturated carbocycles. The third-order valence-electron chi connectivity index (χ3n) is 5.67. The molecule has 0 unspecified atom stereocenters. The highest BCUT2D eigenvalue weighted by Crippen LogP contribution is 2.20. The molecule has 0 fully saturated rings. The fourth-order valence-electron chi connectivity index (χ4n) is 3.47. The van der Waals surface area contributed by atoms with E-state index in [1.165, 1.54) is 28.7 Å². The summed E-state index contributed by atoms with van der Waals surface area (Å²) in [5.74, 6) is 5.89. The van der Waals surface area contributed by atoms with Gasteiger partial charge in [-0.2, -0.15) is 4.31 Å². The molecule has 190 valence electrons. The van der Waals surface area contributed by atoms with E-state index in [0.717, 1.165) is 10.3 Å². The lowest BCUT2D eigenvalue weighted by Crippen LogP contribution is -2.31.